The zero-order valence-electron chi connectivity index (χ0n) is 79.3. The monoisotopic (exact) mass is 1650 g/mol. The molecular formula is C114H129N3O5S. The lowest BCUT2D eigenvalue weighted by Gasteiger charge is -2.22. The number of furan rings is 5. The molecule has 0 fully saturated rings. The largest absolute Gasteiger partial charge is 0.456 e. The normalized spacial score (nSPS) is 12.4. The Hall–Kier alpha value is -11.1. The summed E-state index contributed by atoms with van der Waals surface area (Å²) < 4.78 is 33.4. The van der Waals surface area contributed by atoms with Crippen LogP contribution < -0.4 is 0 Å². The molecule has 10 aromatic carbocycles. The first-order chi connectivity index (χ1) is 57.5. The summed E-state index contributed by atoms with van der Waals surface area (Å²) in [5.41, 5.74) is 33.1. The number of aryl methyl sites for hydroxylation is 11. The molecular weight excluding hydrogens is 1520 g/mol. The molecule has 0 spiro atoms. The second-order valence-corrected chi connectivity index (χ2v) is 42.4. The molecule has 0 radical (unpaired) electrons. The van der Waals surface area contributed by atoms with Crippen LogP contribution in [0, 0.1) is 76.2 Å². The fraction of sp³-hybridized carbons (Fsp3) is 0.342. The average molecular weight is 1650 g/mol. The van der Waals surface area contributed by atoms with Gasteiger partial charge in [-0.1, -0.05) is 297 Å². The first-order valence-corrected chi connectivity index (χ1v) is 44.5. The molecule has 0 atom stereocenters. The minimum absolute atomic E-state index is 0.0620. The van der Waals surface area contributed by atoms with Crippen LogP contribution in [0.1, 0.15) is 246 Å². The summed E-state index contributed by atoms with van der Waals surface area (Å²) in [7, 11) is 0. The molecule has 0 unspecified atom stereocenters. The van der Waals surface area contributed by atoms with Gasteiger partial charge in [-0.05, 0) is 212 Å². The summed E-state index contributed by atoms with van der Waals surface area (Å²) in [6, 6.07) is 68.5. The first-order valence-electron chi connectivity index (χ1n) is 43.7. The Balaban J connectivity index is 0.000000124. The predicted molar refractivity (Wildman–Crippen MR) is 531 cm³/mol. The molecule has 0 N–H and O–H groups in total. The van der Waals surface area contributed by atoms with Gasteiger partial charge in [-0.3, -0.25) is 4.98 Å². The lowest BCUT2D eigenvalue weighted by atomic mass is 9.83. The number of thiophene rings is 1. The van der Waals surface area contributed by atoms with Crippen LogP contribution in [0.2, 0.25) is 0 Å². The summed E-state index contributed by atoms with van der Waals surface area (Å²) in [4.78, 5) is 13.3. The number of benzene rings is 10. The quantitative estimate of drug-likeness (QED) is 0.148. The van der Waals surface area contributed by atoms with Gasteiger partial charge in [-0.2, -0.15) is 0 Å². The van der Waals surface area contributed by atoms with Gasteiger partial charge < -0.3 is 22.1 Å². The highest BCUT2D eigenvalue weighted by Crippen LogP contribution is 2.46. The van der Waals surface area contributed by atoms with Gasteiger partial charge in [0.25, 0.3) is 0 Å². The van der Waals surface area contributed by atoms with Crippen LogP contribution in [-0.4, -0.2) is 15.0 Å². The second kappa shape index (κ2) is 33.8. The van der Waals surface area contributed by atoms with E-state index >= 15 is 0 Å². The van der Waals surface area contributed by atoms with Gasteiger partial charge in [0.05, 0.1) is 5.69 Å². The zero-order valence-corrected chi connectivity index (χ0v) is 80.2. The van der Waals surface area contributed by atoms with Crippen molar-refractivity contribution in [3.05, 3.63) is 301 Å². The summed E-state index contributed by atoms with van der Waals surface area (Å²) >= 11 is 1.93. The summed E-state index contributed by atoms with van der Waals surface area (Å²) in [6.45, 7) is 70.4. The van der Waals surface area contributed by atoms with Crippen LogP contribution >= 0.6 is 11.3 Å². The van der Waals surface area contributed by atoms with E-state index in [1.54, 1.807) is 0 Å². The minimum atomic E-state index is 0.0620. The summed E-state index contributed by atoms with van der Waals surface area (Å²) in [5.74, 6) is 0. The number of hydrogen-bond donors (Lipinski definition) is 0. The highest BCUT2D eigenvalue weighted by Gasteiger charge is 2.30. The Labute approximate surface area is 733 Å². The molecule has 0 aliphatic rings. The third-order valence-corrected chi connectivity index (χ3v) is 24.9. The van der Waals surface area contributed by atoms with Crippen molar-refractivity contribution in [1.29, 1.82) is 0 Å². The van der Waals surface area contributed by atoms with Crippen LogP contribution in [0.15, 0.2) is 222 Å². The Morgan fingerprint density at radius 1 is 0.228 bits per heavy atom. The Bertz CT molecular complexity index is 6770. The molecule has 0 bridgehead atoms. The molecule has 8 nitrogen and oxygen atoms in total. The fourth-order valence-corrected chi connectivity index (χ4v) is 20.2. The first kappa shape index (κ1) is 89.6. The predicted octanol–water partition coefficient (Wildman–Crippen LogP) is 34.3. The van der Waals surface area contributed by atoms with Crippen LogP contribution in [0.25, 0.3) is 130 Å². The third-order valence-electron chi connectivity index (χ3n) is 23.7. The van der Waals surface area contributed by atoms with Crippen molar-refractivity contribution >= 4 is 141 Å². The standard InChI is InChI=1S/C18H20O.3C17H19NO.C17H18O.C17H18S.C11H16/c1-11-9-10-14-13-8-6-7-12(2)16(13)19-17(14)15(11)18(3,4)5;2*1-10-6-8-12-13-9-7-11(2)18-16(13)19-15(12)14(10)17(3,4)5;1-10-6-7-12-13-8-9-18-11(2)15(13)19-16(12)14(10)17(3,4)5;2*1-11-9-10-13-12-7-5-6-8-14(12)18-16(13)15(11)17(2,3)4;1-9-7-5-6-8-10(9)11(2,3)4/h6-10H,1-5H3;3*6-9H,1-5H3;2*5-10H,1-4H3;5-8H,1-4H3. The van der Waals surface area contributed by atoms with Crippen LogP contribution in [0.5, 0.6) is 0 Å². The van der Waals surface area contributed by atoms with Gasteiger partial charge in [-0.25, -0.2) is 9.97 Å². The van der Waals surface area contributed by atoms with Crippen molar-refractivity contribution in [2.75, 3.05) is 0 Å². The number of fused-ring (bicyclic) bond motifs is 18. The smallest absolute Gasteiger partial charge is 0.227 e. The molecule has 0 amide bonds. The van der Waals surface area contributed by atoms with Crippen molar-refractivity contribution in [1.82, 2.24) is 15.0 Å². The number of para-hydroxylation sites is 2. The fourth-order valence-electron chi connectivity index (χ4n) is 18.7. The van der Waals surface area contributed by atoms with E-state index in [4.69, 9.17) is 22.1 Å². The van der Waals surface area contributed by atoms with Crippen LogP contribution in [-0.2, 0) is 37.9 Å². The molecule has 0 aliphatic carbocycles. The summed E-state index contributed by atoms with van der Waals surface area (Å²) in [5, 5.41) is 14.6. The van der Waals surface area contributed by atoms with Gasteiger partial charge in [0.2, 0.25) is 11.4 Å². The second-order valence-electron chi connectivity index (χ2n) is 41.3. The topological polar surface area (TPSA) is 104 Å². The molecule has 636 valence electrons. The molecule has 9 heterocycles. The van der Waals surface area contributed by atoms with E-state index in [1.807, 2.05) is 68.6 Å². The van der Waals surface area contributed by atoms with E-state index in [0.29, 0.717) is 0 Å². The molecule has 0 saturated heterocycles. The zero-order chi connectivity index (χ0) is 89.4. The molecule has 0 aliphatic heterocycles. The van der Waals surface area contributed by atoms with E-state index in [9.17, 15) is 0 Å². The molecule has 19 rings (SSSR count). The SMILES string of the molecule is Cc1ccc2c(n1)oc1c(C(C)(C)C)c(C)ccc12.Cc1ccc2c(n1)oc1c(C(C)(C)C)c(C)ccc12.Cc1ccc2c(oc3c(C)cccc32)c1C(C)(C)C.Cc1ccc2c(oc3c(C)nccc32)c1C(C)(C)C.Cc1ccc2c(oc3ccccc32)c1C(C)(C)C.Cc1ccc2c(sc3ccccc32)c1C(C)(C)C.Cc1ccccc1C(C)(C)C. The van der Waals surface area contributed by atoms with Crippen molar-refractivity contribution in [3.63, 3.8) is 0 Å². The lowest BCUT2D eigenvalue weighted by Crippen LogP contribution is -2.13. The number of pyridine rings is 3. The van der Waals surface area contributed by atoms with E-state index in [-0.39, 0.29) is 37.9 Å². The highest BCUT2D eigenvalue weighted by atomic mass is 32.1. The van der Waals surface area contributed by atoms with E-state index in [1.165, 1.54) is 131 Å². The highest BCUT2D eigenvalue weighted by molar-refractivity contribution is 7.26. The van der Waals surface area contributed by atoms with Crippen LogP contribution in [0.3, 0.4) is 0 Å². The molecule has 9 aromatic heterocycles. The Kier molecular flexibility index (Phi) is 24.7. The van der Waals surface area contributed by atoms with E-state index in [2.05, 4.69) is 380 Å². The number of aromatic nitrogens is 3. The van der Waals surface area contributed by atoms with E-state index in [0.717, 1.165) is 100 Å². The Morgan fingerprint density at radius 2 is 0.553 bits per heavy atom. The van der Waals surface area contributed by atoms with Gasteiger partial charge in [0, 0.05) is 119 Å². The van der Waals surface area contributed by atoms with Crippen molar-refractivity contribution in [2.45, 2.75) is 259 Å². The maximum absolute atomic E-state index is 6.22. The lowest BCUT2D eigenvalue weighted by molar-refractivity contribution is 0.566. The third kappa shape index (κ3) is 18.3. The van der Waals surface area contributed by atoms with Crippen molar-refractivity contribution in [2.24, 2.45) is 0 Å². The van der Waals surface area contributed by atoms with Crippen molar-refractivity contribution in [3.8, 4) is 0 Å². The molecule has 0 saturated carbocycles. The van der Waals surface area contributed by atoms with Crippen LogP contribution in [0.4, 0.5) is 0 Å². The Morgan fingerprint density at radius 3 is 0.984 bits per heavy atom. The number of rotatable bonds is 0. The van der Waals surface area contributed by atoms with Gasteiger partial charge in [0.1, 0.15) is 39.1 Å². The maximum Gasteiger partial charge on any atom is 0.227 e. The van der Waals surface area contributed by atoms with Gasteiger partial charge in [0.15, 0.2) is 5.58 Å². The average Bonchev–Trinajstić information content (AvgIpc) is 1.73. The number of nitrogens with zero attached hydrogens (tertiary/aromatic N) is 3. The van der Waals surface area contributed by atoms with E-state index < -0.39 is 0 Å². The minimum Gasteiger partial charge on any atom is -0.456 e. The number of hydrogen-bond acceptors (Lipinski definition) is 9. The van der Waals surface area contributed by atoms with Crippen molar-refractivity contribution < 1.29 is 22.1 Å². The molecule has 123 heavy (non-hydrogen) atoms. The molecule has 9 heteroatoms. The van der Waals surface area contributed by atoms with Gasteiger partial charge >= 0.3 is 0 Å². The summed E-state index contributed by atoms with van der Waals surface area (Å²) in [6.07, 6.45) is 1.85. The van der Waals surface area contributed by atoms with Gasteiger partial charge in [-0.15, -0.1) is 11.3 Å². The molecule has 19 aromatic rings. The maximum atomic E-state index is 6.22.